The summed E-state index contributed by atoms with van der Waals surface area (Å²) < 4.78 is 0. The van der Waals surface area contributed by atoms with Crippen molar-refractivity contribution in [3.05, 3.63) is 47.5 Å². The van der Waals surface area contributed by atoms with Crippen LogP contribution in [0.5, 0.6) is 11.5 Å². The lowest BCUT2D eigenvalue weighted by Crippen LogP contribution is -2.56. The summed E-state index contributed by atoms with van der Waals surface area (Å²) in [4.78, 5) is 37.6. The number of aliphatic hydroxyl groups excluding tert-OH is 2. The molecule has 0 radical (unpaired) electrons. The number of carboxylic acid groups (broad SMARTS) is 1. The second kappa shape index (κ2) is 10.7. The van der Waals surface area contributed by atoms with Crippen LogP contribution in [0.3, 0.4) is 0 Å². The first-order valence-corrected chi connectivity index (χ1v) is 10.8. The molecule has 4 bridgehead atoms. The molecule has 3 unspecified atom stereocenters. The number of aliphatic hydroxyl groups is 2. The molecule has 2 aromatic rings. The van der Waals surface area contributed by atoms with E-state index < -0.39 is 53.9 Å². The van der Waals surface area contributed by atoms with Crippen LogP contribution in [0.2, 0.25) is 0 Å². The van der Waals surface area contributed by atoms with E-state index in [1.54, 1.807) is 12.1 Å². The highest BCUT2D eigenvalue weighted by Crippen LogP contribution is 2.33. The number of amides is 2. The summed E-state index contributed by atoms with van der Waals surface area (Å²) in [5.41, 5.74) is 12.6. The summed E-state index contributed by atoms with van der Waals surface area (Å²) in [6.07, 6.45) is -3.55. The van der Waals surface area contributed by atoms with Gasteiger partial charge in [-0.25, -0.2) is 4.79 Å². The zero-order chi connectivity index (χ0) is 25.9. The quantitative estimate of drug-likeness (QED) is 0.240. The maximum absolute atomic E-state index is 12.9. The van der Waals surface area contributed by atoms with E-state index in [0.717, 1.165) is 0 Å². The van der Waals surface area contributed by atoms with Crippen LogP contribution in [0, 0.1) is 0 Å². The molecular formula is C23H28N4O8. The summed E-state index contributed by atoms with van der Waals surface area (Å²) in [5, 5.41) is 55.6. The molecule has 0 spiro atoms. The predicted molar refractivity (Wildman–Crippen MR) is 123 cm³/mol. The number of phenolic OH excluding ortho intramolecular Hbond substituents is 2. The fourth-order valence-corrected chi connectivity index (χ4v) is 3.82. The fraction of sp³-hybridized carbons (Fsp3) is 0.348. The second-order valence-corrected chi connectivity index (χ2v) is 8.38. The van der Waals surface area contributed by atoms with Crippen molar-refractivity contribution in [2.24, 2.45) is 11.5 Å². The molecule has 2 aromatic carbocycles. The van der Waals surface area contributed by atoms with Gasteiger partial charge >= 0.3 is 5.97 Å². The van der Waals surface area contributed by atoms with Gasteiger partial charge < -0.3 is 47.6 Å². The van der Waals surface area contributed by atoms with Crippen LogP contribution < -0.4 is 22.1 Å². The fourth-order valence-electron chi connectivity index (χ4n) is 3.82. The van der Waals surface area contributed by atoms with E-state index in [0.29, 0.717) is 16.7 Å². The summed E-state index contributed by atoms with van der Waals surface area (Å²) >= 11 is 0. The third kappa shape index (κ3) is 5.87. The van der Waals surface area contributed by atoms with Crippen molar-refractivity contribution in [3.8, 4) is 22.6 Å². The van der Waals surface area contributed by atoms with Crippen LogP contribution in [0.4, 0.5) is 0 Å². The van der Waals surface area contributed by atoms with Gasteiger partial charge in [0, 0.05) is 24.9 Å². The Bertz CT molecular complexity index is 1120. The molecule has 0 fully saturated rings. The molecule has 1 aliphatic rings. The Balaban J connectivity index is 2.14. The van der Waals surface area contributed by atoms with E-state index in [-0.39, 0.29) is 30.7 Å². The van der Waals surface area contributed by atoms with Gasteiger partial charge in [0.1, 0.15) is 23.6 Å². The van der Waals surface area contributed by atoms with Crippen LogP contribution in [0.1, 0.15) is 23.7 Å². The molecule has 0 saturated heterocycles. The number of carbonyl (C=O) groups is 3. The largest absolute Gasteiger partial charge is 0.508 e. The van der Waals surface area contributed by atoms with Gasteiger partial charge in [0.2, 0.25) is 11.8 Å². The van der Waals surface area contributed by atoms with Crippen LogP contribution in [-0.4, -0.2) is 74.1 Å². The molecular weight excluding hydrogens is 460 g/mol. The van der Waals surface area contributed by atoms with Gasteiger partial charge in [-0.3, -0.25) is 9.59 Å². The number of benzene rings is 2. The number of carboxylic acids is 1. The molecule has 0 saturated carbocycles. The Labute approximate surface area is 200 Å². The van der Waals surface area contributed by atoms with Gasteiger partial charge in [-0.15, -0.1) is 0 Å². The topological polar surface area (TPSA) is 228 Å². The van der Waals surface area contributed by atoms with E-state index in [1.807, 2.05) is 0 Å². The number of rotatable bonds is 4. The Morgan fingerprint density at radius 3 is 2.29 bits per heavy atom. The van der Waals surface area contributed by atoms with Gasteiger partial charge in [-0.1, -0.05) is 12.1 Å². The molecule has 3 rings (SSSR count). The molecule has 0 aliphatic carbocycles. The van der Waals surface area contributed by atoms with Crippen molar-refractivity contribution in [2.75, 3.05) is 6.54 Å². The zero-order valence-corrected chi connectivity index (χ0v) is 18.6. The minimum absolute atomic E-state index is 0.107. The summed E-state index contributed by atoms with van der Waals surface area (Å²) in [6, 6.07) is 4.10. The van der Waals surface area contributed by atoms with Gasteiger partial charge in [0.05, 0.1) is 12.1 Å². The highest BCUT2D eigenvalue weighted by atomic mass is 16.4. The average Bonchev–Trinajstić information content (AvgIpc) is 2.82. The van der Waals surface area contributed by atoms with E-state index in [2.05, 4.69) is 10.6 Å². The molecule has 5 atom stereocenters. The lowest BCUT2D eigenvalue weighted by molar-refractivity contribution is -0.146. The van der Waals surface area contributed by atoms with Gasteiger partial charge in [0.15, 0.2) is 6.04 Å². The molecule has 1 heterocycles. The Kier molecular flexibility index (Phi) is 7.92. The van der Waals surface area contributed by atoms with Crippen LogP contribution in [0.15, 0.2) is 36.4 Å². The molecule has 2 amide bonds. The minimum atomic E-state index is -1.91. The van der Waals surface area contributed by atoms with Gasteiger partial charge in [-0.05, 0) is 41.0 Å². The highest BCUT2D eigenvalue weighted by Gasteiger charge is 2.35. The Hall–Kier alpha value is -3.71. The first kappa shape index (κ1) is 25.9. The van der Waals surface area contributed by atoms with E-state index in [4.69, 9.17) is 11.5 Å². The normalized spacial score (nSPS) is 23.9. The van der Waals surface area contributed by atoms with Gasteiger partial charge in [-0.2, -0.15) is 0 Å². The lowest BCUT2D eigenvalue weighted by Gasteiger charge is -2.26. The maximum atomic E-state index is 12.9. The number of aromatic hydroxyl groups is 2. The first-order valence-electron chi connectivity index (χ1n) is 10.8. The number of fused-ring (bicyclic) bond motifs is 5. The summed E-state index contributed by atoms with van der Waals surface area (Å²) in [7, 11) is 0. The number of nitrogens with two attached hydrogens (primary N) is 2. The molecule has 12 heteroatoms. The van der Waals surface area contributed by atoms with Gasteiger partial charge in [0.25, 0.3) is 0 Å². The van der Waals surface area contributed by atoms with E-state index >= 15 is 0 Å². The van der Waals surface area contributed by atoms with Crippen molar-refractivity contribution in [1.29, 1.82) is 0 Å². The number of hydrogen-bond acceptors (Lipinski definition) is 9. The van der Waals surface area contributed by atoms with Crippen molar-refractivity contribution in [2.45, 2.75) is 43.2 Å². The van der Waals surface area contributed by atoms with Crippen molar-refractivity contribution >= 4 is 17.8 Å². The van der Waals surface area contributed by atoms with Crippen LogP contribution in [-0.2, 0) is 20.8 Å². The minimum Gasteiger partial charge on any atom is -0.508 e. The average molecular weight is 488 g/mol. The van der Waals surface area contributed by atoms with Crippen LogP contribution >= 0.6 is 0 Å². The number of aliphatic carboxylic acids is 1. The Morgan fingerprint density at radius 1 is 1.03 bits per heavy atom. The molecule has 0 aromatic heterocycles. The molecule has 35 heavy (non-hydrogen) atoms. The molecule has 188 valence electrons. The third-order valence-corrected chi connectivity index (χ3v) is 5.83. The number of carbonyl (C=O) groups excluding carboxylic acids is 2. The first-order chi connectivity index (χ1) is 16.5. The SMILES string of the molecule is NC[C@H](O)C[C@@H]1NC(=O)C(N)Cc2cc(ccc2O)-c2ccc(O)c(c2)C(O)C(C(=O)O)NC1=O. The monoisotopic (exact) mass is 488 g/mol. The van der Waals surface area contributed by atoms with E-state index in [1.165, 1.54) is 24.3 Å². The van der Waals surface area contributed by atoms with Crippen LogP contribution in [0.25, 0.3) is 11.1 Å². The zero-order valence-electron chi connectivity index (χ0n) is 18.6. The molecule has 11 N–H and O–H groups in total. The summed E-state index contributed by atoms with van der Waals surface area (Å²) in [6.45, 7) is -0.238. The highest BCUT2D eigenvalue weighted by molar-refractivity contribution is 5.92. The second-order valence-electron chi connectivity index (χ2n) is 8.38. The molecule has 1 aliphatic heterocycles. The molecule has 12 nitrogen and oxygen atoms in total. The predicted octanol–water partition coefficient (Wildman–Crippen LogP) is -1.55. The standard InChI is InChI=1S/C23H28N4O8/c24-9-13(28)8-16-22(33)27-19(23(34)35)20(31)14-6-11(2-4-18(14)30)10-1-3-17(29)12(5-10)7-15(25)21(32)26-16/h1-6,13,15-16,19-20,28-31H,7-9,24-25H2,(H,26,32)(H,27,33)(H,34,35)/t13-,15?,16+,19?,20?/m1/s1. The van der Waals surface area contributed by atoms with Crippen molar-refractivity contribution < 1.29 is 39.9 Å². The number of phenols is 2. The lowest BCUT2D eigenvalue weighted by atomic mass is 9.94. The third-order valence-electron chi connectivity index (χ3n) is 5.83. The smallest absolute Gasteiger partial charge is 0.329 e. The number of hydrogen-bond donors (Lipinski definition) is 9. The van der Waals surface area contributed by atoms with Crippen molar-refractivity contribution in [3.63, 3.8) is 0 Å². The number of nitrogens with one attached hydrogen (secondary N) is 2. The Morgan fingerprint density at radius 2 is 1.66 bits per heavy atom. The van der Waals surface area contributed by atoms with Crippen molar-refractivity contribution in [1.82, 2.24) is 10.6 Å². The maximum Gasteiger partial charge on any atom is 0.329 e. The summed E-state index contributed by atoms with van der Waals surface area (Å²) in [5.74, 6) is -3.94. The van der Waals surface area contributed by atoms with E-state index in [9.17, 15) is 39.9 Å².